The van der Waals surface area contributed by atoms with Gasteiger partial charge >= 0.3 is 0 Å². The van der Waals surface area contributed by atoms with Gasteiger partial charge in [0, 0.05) is 10.9 Å². The lowest BCUT2D eigenvalue weighted by Gasteiger charge is -2.18. The van der Waals surface area contributed by atoms with Crippen molar-refractivity contribution in [3.63, 3.8) is 0 Å². The summed E-state index contributed by atoms with van der Waals surface area (Å²) < 4.78 is 7.13. The molecule has 2 rings (SSSR count). The van der Waals surface area contributed by atoms with Gasteiger partial charge in [-0.2, -0.15) is 0 Å². The fourth-order valence-electron chi connectivity index (χ4n) is 1.96. The van der Waals surface area contributed by atoms with E-state index in [0.29, 0.717) is 0 Å². The van der Waals surface area contributed by atoms with Crippen LogP contribution in [0.5, 0.6) is 5.75 Å². The number of fused-ring (bicyclic) bond motifs is 1. The summed E-state index contributed by atoms with van der Waals surface area (Å²) in [4.78, 5) is 0. The third-order valence-electron chi connectivity index (χ3n) is 2.85. The van der Waals surface area contributed by atoms with Crippen LogP contribution >= 0.6 is 15.9 Å². The van der Waals surface area contributed by atoms with Crippen molar-refractivity contribution in [1.82, 2.24) is 0 Å². The summed E-state index contributed by atoms with van der Waals surface area (Å²) >= 11 is 3.58. The molecular weight excluding hydrogens is 240 g/mol. The molecule has 0 fully saturated rings. The molecule has 1 nitrogen and oxygen atoms in total. The van der Waals surface area contributed by atoms with Gasteiger partial charge in [-0.3, -0.25) is 0 Å². The lowest BCUT2D eigenvalue weighted by molar-refractivity contribution is 0.137. The minimum absolute atomic E-state index is 0.0413. The van der Waals surface area contributed by atoms with Crippen molar-refractivity contribution in [2.24, 2.45) is 0 Å². The summed E-state index contributed by atoms with van der Waals surface area (Å²) in [5.41, 5.74) is 3.83. The van der Waals surface area contributed by atoms with E-state index < -0.39 is 0 Å². The highest BCUT2D eigenvalue weighted by atomic mass is 79.9. The number of benzene rings is 1. The van der Waals surface area contributed by atoms with Gasteiger partial charge in [0.2, 0.25) is 0 Å². The highest BCUT2D eigenvalue weighted by molar-refractivity contribution is 9.10. The maximum absolute atomic E-state index is 5.94. The van der Waals surface area contributed by atoms with Gasteiger partial charge in [-0.1, -0.05) is 15.9 Å². The van der Waals surface area contributed by atoms with Crippen LogP contribution < -0.4 is 4.74 Å². The van der Waals surface area contributed by atoms with Crippen molar-refractivity contribution in [1.29, 1.82) is 0 Å². The van der Waals surface area contributed by atoms with Crippen LogP contribution in [0.2, 0.25) is 0 Å². The Morgan fingerprint density at radius 2 is 1.93 bits per heavy atom. The first kappa shape index (κ1) is 10.0. The monoisotopic (exact) mass is 254 g/mol. The summed E-state index contributed by atoms with van der Waals surface area (Å²) in [5, 5.41) is 0. The molecule has 0 spiro atoms. The number of ether oxygens (including phenoxy) is 1. The van der Waals surface area contributed by atoms with Gasteiger partial charge < -0.3 is 4.74 Å². The first-order chi connectivity index (χ1) is 6.41. The van der Waals surface area contributed by atoms with E-state index in [9.17, 15) is 0 Å². The molecule has 0 saturated heterocycles. The van der Waals surface area contributed by atoms with Crippen LogP contribution in [0, 0.1) is 13.8 Å². The highest BCUT2D eigenvalue weighted by Gasteiger charge is 2.31. The maximum Gasteiger partial charge on any atom is 0.126 e. The predicted molar refractivity (Wildman–Crippen MR) is 62.0 cm³/mol. The van der Waals surface area contributed by atoms with E-state index >= 15 is 0 Å². The number of hydrogen-bond donors (Lipinski definition) is 0. The molecule has 1 aromatic rings. The van der Waals surface area contributed by atoms with E-state index in [0.717, 1.165) is 12.2 Å². The summed E-state index contributed by atoms with van der Waals surface area (Å²) in [5.74, 6) is 1.09. The quantitative estimate of drug-likeness (QED) is 0.685. The zero-order valence-corrected chi connectivity index (χ0v) is 10.7. The Labute approximate surface area is 93.6 Å². The second kappa shape index (κ2) is 2.99. The molecule has 1 heterocycles. The minimum Gasteiger partial charge on any atom is -0.487 e. The molecule has 2 heteroatoms. The lowest BCUT2D eigenvalue weighted by atomic mass is 9.99. The van der Waals surface area contributed by atoms with Crippen LogP contribution in [0.3, 0.4) is 0 Å². The third-order valence-corrected chi connectivity index (χ3v) is 3.67. The second-order valence-corrected chi connectivity index (χ2v) is 5.49. The summed E-state index contributed by atoms with van der Waals surface area (Å²) in [6, 6.07) is 2.19. The van der Waals surface area contributed by atoms with Crippen molar-refractivity contribution >= 4 is 15.9 Å². The molecule has 0 amide bonds. The average molecular weight is 255 g/mol. The van der Waals surface area contributed by atoms with Gasteiger partial charge in [-0.25, -0.2) is 0 Å². The smallest absolute Gasteiger partial charge is 0.126 e. The van der Waals surface area contributed by atoms with Crippen LogP contribution in [0.15, 0.2) is 10.5 Å². The Morgan fingerprint density at radius 1 is 1.29 bits per heavy atom. The molecule has 1 aliphatic heterocycles. The molecule has 0 unspecified atom stereocenters. The molecule has 0 aliphatic carbocycles. The molecule has 0 atom stereocenters. The van der Waals surface area contributed by atoms with Gasteiger partial charge in [0.05, 0.1) is 0 Å². The van der Waals surface area contributed by atoms with Crippen LogP contribution in [0.1, 0.15) is 30.5 Å². The van der Waals surface area contributed by atoms with Gasteiger partial charge in [0.1, 0.15) is 11.4 Å². The van der Waals surface area contributed by atoms with Gasteiger partial charge in [0.15, 0.2) is 0 Å². The largest absolute Gasteiger partial charge is 0.487 e. The molecule has 1 aromatic carbocycles. The van der Waals surface area contributed by atoms with Crippen molar-refractivity contribution in [3.05, 3.63) is 27.2 Å². The Morgan fingerprint density at radius 3 is 2.57 bits per heavy atom. The summed E-state index contributed by atoms with van der Waals surface area (Å²) in [7, 11) is 0. The van der Waals surface area contributed by atoms with Crippen molar-refractivity contribution < 1.29 is 4.74 Å². The maximum atomic E-state index is 5.94. The molecule has 0 bridgehead atoms. The SMILES string of the molecule is Cc1c(Br)cc2c(c1C)OC(C)(C)C2. The third kappa shape index (κ3) is 1.46. The van der Waals surface area contributed by atoms with Gasteiger partial charge in [-0.05, 0) is 50.5 Å². The highest BCUT2D eigenvalue weighted by Crippen LogP contribution is 2.41. The first-order valence-electron chi connectivity index (χ1n) is 4.88. The van der Waals surface area contributed by atoms with Crippen molar-refractivity contribution in [3.8, 4) is 5.75 Å². The Hall–Kier alpha value is -0.500. The standard InChI is InChI=1S/C12H15BrO/c1-7-8(2)11-9(5-10(7)13)6-12(3,4)14-11/h5H,6H2,1-4H3. The molecule has 1 aliphatic rings. The molecule has 0 radical (unpaired) electrons. The molecule has 14 heavy (non-hydrogen) atoms. The molecular formula is C12H15BrO. The number of hydrogen-bond acceptors (Lipinski definition) is 1. The van der Waals surface area contributed by atoms with E-state index in [2.05, 4.69) is 49.7 Å². The normalized spacial score (nSPS) is 17.8. The number of rotatable bonds is 0. The van der Waals surface area contributed by atoms with Crippen LogP contribution in [-0.4, -0.2) is 5.60 Å². The van der Waals surface area contributed by atoms with E-state index in [1.54, 1.807) is 0 Å². The molecule has 0 saturated carbocycles. The van der Waals surface area contributed by atoms with Gasteiger partial charge in [-0.15, -0.1) is 0 Å². The van der Waals surface area contributed by atoms with E-state index in [1.165, 1.54) is 21.2 Å². The summed E-state index contributed by atoms with van der Waals surface area (Å²) in [6.07, 6.45) is 1.00. The lowest BCUT2D eigenvalue weighted by Crippen LogP contribution is -2.24. The van der Waals surface area contributed by atoms with Crippen molar-refractivity contribution in [2.75, 3.05) is 0 Å². The molecule has 76 valence electrons. The fraction of sp³-hybridized carbons (Fsp3) is 0.500. The van der Waals surface area contributed by atoms with Crippen LogP contribution in [-0.2, 0) is 6.42 Å². The minimum atomic E-state index is -0.0413. The Kier molecular flexibility index (Phi) is 2.15. The summed E-state index contributed by atoms with van der Waals surface area (Å²) in [6.45, 7) is 8.51. The molecule has 0 aromatic heterocycles. The van der Waals surface area contributed by atoms with Crippen LogP contribution in [0.4, 0.5) is 0 Å². The zero-order valence-electron chi connectivity index (χ0n) is 9.07. The first-order valence-corrected chi connectivity index (χ1v) is 5.67. The second-order valence-electron chi connectivity index (χ2n) is 4.64. The zero-order chi connectivity index (χ0) is 10.5. The van der Waals surface area contributed by atoms with E-state index in [1.807, 2.05) is 0 Å². The molecule has 0 N–H and O–H groups in total. The number of halogens is 1. The van der Waals surface area contributed by atoms with Gasteiger partial charge in [0.25, 0.3) is 0 Å². The Balaban J connectivity index is 2.59. The van der Waals surface area contributed by atoms with Crippen molar-refractivity contribution in [2.45, 2.75) is 39.7 Å². The predicted octanol–water partition coefficient (Wildman–Crippen LogP) is 3.78. The van der Waals surface area contributed by atoms with E-state index in [-0.39, 0.29) is 5.60 Å². The average Bonchev–Trinajstić information content (AvgIpc) is 2.37. The Bertz CT molecular complexity index is 394. The van der Waals surface area contributed by atoms with E-state index in [4.69, 9.17) is 4.74 Å². The fourth-order valence-corrected chi connectivity index (χ4v) is 2.54. The van der Waals surface area contributed by atoms with Crippen LogP contribution in [0.25, 0.3) is 0 Å². The topological polar surface area (TPSA) is 9.23 Å².